The molecule has 1 aliphatic rings. The normalized spacial score (nSPS) is 17.8. The molecule has 1 N–H and O–H groups in total. The Balaban J connectivity index is 2.23. The van der Waals surface area contributed by atoms with Gasteiger partial charge in [-0.1, -0.05) is 41.9 Å². The van der Waals surface area contributed by atoms with E-state index in [1.165, 1.54) is 0 Å². The number of nitrogens with zero attached hydrogens (tertiary/aromatic N) is 1. The SMILES string of the molecule is O=C1Nc2ccc(Cl)cc2C(c2ccccc2)=N[C@@H]1I. The number of benzene rings is 2. The van der Waals surface area contributed by atoms with E-state index in [0.29, 0.717) is 5.02 Å². The van der Waals surface area contributed by atoms with Gasteiger partial charge in [-0.25, -0.2) is 0 Å². The van der Waals surface area contributed by atoms with Crippen LogP contribution < -0.4 is 5.32 Å². The number of hydrogen-bond acceptors (Lipinski definition) is 2. The van der Waals surface area contributed by atoms with Crippen LogP contribution in [0.15, 0.2) is 53.5 Å². The highest BCUT2D eigenvalue weighted by atomic mass is 127. The van der Waals surface area contributed by atoms with Crippen LogP contribution in [0.2, 0.25) is 5.02 Å². The number of halogens is 2. The zero-order valence-electron chi connectivity index (χ0n) is 10.3. The molecule has 0 bridgehead atoms. The molecule has 3 nitrogen and oxygen atoms in total. The Labute approximate surface area is 135 Å². The molecule has 20 heavy (non-hydrogen) atoms. The summed E-state index contributed by atoms with van der Waals surface area (Å²) in [6.45, 7) is 0. The maximum Gasteiger partial charge on any atom is 0.259 e. The van der Waals surface area contributed by atoms with Gasteiger partial charge in [0.1, 0.15) is 0 Å². The lowest BCUT2D eigenvalue weighted by molar-refractivity contribution is -0.115. The van der Waals surface area contributed by atoms with Crippen molar-refractivity contribution in [1.29, 1.82) is 0 Å². The Morgan fingerprint density at radius 2 is 1.90 bits per heavy atom. The molecule has 100 valence electrons. The molecule has 1 amide bonds. The fourth-order valence-corrected chi connectivity index (χ4v) is 2.69. The number of fused-ring (bicyclic) bond motifs is 1. The lowest BCUT2D eigenvalue weighted by Crippen LogP contribution is -2.19. The first-order chi connectivity index (χ1) is 9.65. The fourth-order valence-electron chi connectivity index (χ4n) is 2.08. The summed E-state index contributed by atoms with van der Waals surface area (Å²) in [4.78, 5) is 16.5. The van der Waals surface area contributed by atoms with Crippen molar-refractivity contribution in [2.24, 2.45) is 4.99 Å². The van der Waals surface area contributed by atoms with Gasteiger partial charge in [0, 0.05) is 16.1 Å². The minimum Gasteiger partial charge on any atom is -0.323 e. The van der Waals surface area contributed by atoms with E-state index in [2.05, 4.69) is 10.3 Å². The quantitative estimate of drug-likeness (QED) is 0.443. The van der Waals surface area contributed by atoms with E-state index in [1.54, 1.807) is 6.07 Å². The number of carbonyl (C=O) groups is 1. The van der Waals surface area contributed by atoms with Crippen molar-refractivity contribution >= 4 is 51.5 Å². The summed E-state index contributed by atoms with van der Waals surface area (Å²) in [7, 11) is 0. The van der Waals surface area contributed by atoms with Crippen LogP contribution in [0.25, 0.3) is 0 Å². The predicted octanol–water partition coefficient (Wildman–Crippen LogP) is 3.89. The third-order valence-electron chi connectivity index (χ3n) is 3.00. The van der Waals surface area contributed by atoms with E-state index in [9.17, 15) is 4.79 Å². The molecule has 0 aliphatic carbocycles. The van der Waals surface area contributed by atoms with Gasteiger partial charge in [-0.2, -0.15) is 0 Å². The summed E-state index contributed by atoms with van der Waals surface area (Å²) in [5.74, 6) is -0.125. The molecule has 0 spiro atoms. The molecule has 0 radical (unpaired) electrons. The lowest BCUT2D eigenvalue weighted by atomic mass is 10.0. The monoisotopic (exact) mass is 396 g/mol. The molecule has 0 unspecified atom stereocenters. The number of hydrogen-bond donors (Lipinski definition) is 1. The second kappa shape index (κ2) is 5.54. The lowest BCUT2D eigenvalue weighted by Gasteiger charge is -2.10. The summed E-state index contributed by atoms with van der Waals surface area (Å²) in [6.07, 6.45) is 0. The molecule has 5 heteroatoms. The van der Waals surface area contributed by atoms with Crippen molar-refractivity contribution in [2.75, 3.05) is 5.32 Å². The number of amides is 1. The van der Waals surface area contributed by atoms with Crippen LogP contribution >= 0.6 is 34.2 Å². The number of rotatable bonds is 1. The van der Waals surface area contributed by atoms with Crippen molar-refractivity contribution in [1.82, 2.24) is 0 Å². The van der Waals surface area contributed by atoms with Gasteiger partial charge in [-0.3, -0.25) is 9.79 Å². The van der Waals surface area contributed by atoms with Crippen LogP contribution in [0.4, 0.5) is 5.69 Å². The minimum atomic E-state index is -0.464. The van der Waals surface area contributed by atoms with E-state index in [1.807, 2.05) is 65.1 Å². The second-order valence-electron chi connectivity index (χ2n) is 4.36. The van der Waals surface area contributed by atoms with Gasteiger partial charge in [0.25, 0.3) is 5.91 Å². The second-order valence-corrected chi connectivity index (χ2v) is 5.98. The first-order valence-electron chi connectivity index (χ1n) is 6.03. The Morgan fingerprint density at radius 3 is 2.65 bits per heavy atom. The number of anilines is 1. The Bertz CT molecular complexity index is 700. The van der Waals surface area contributed by atoms with Gasteiger partial charge in [-0.15, -0.1) is 0 Å². The van der Waals surface area contributed by atoms with Crippen molar-refractivity contribution in [2.45, 2.75) is 4.05 Å². The molecular formula is C15H10ClIN2O. The summed E-state index contributed by atoms with van der Waals surface area (Å²) in [5.41, 5.74) is 3.33. The highest BCUT2D eigenvalue weighted by molar-refractivity contribution is 14.1. The van der Waals surface area contributed by atoms with Crippen LogP contribution in [-0.2, 0) is 4.79 Å². The van der Waals surface area contributed by atoms with E-state index >= 15 is 0 Å². The van der Waals surface area contributed by atoms with Crippen LogP contribution in [0.3, 0.4) is 0 Å². The largest absolute Gasteiger partial charge is 0.323 e. The van der Waals surface area contributed by atoms with E-state index in [-0.39, 0.29) is 5.91 Å². The molecule has 0 saturated heterocycles. The van der Waals surface area contributed by atoms with E-state index < -0.39 is 4.05 Å². The van der Waals surface area contributed by atoms with E-state index in [4.69, 9.17) is 11.6 Å². The topological polar surface area (TPSA) is 41.5 Å². The molecular weight excluding hydrogens is 387 g/mol. The Hall–Kier alpha value is -1.40. The first-order valence-corrected chi connectivity index (χ1v) is 7.65. The zero-order chi connectivity index (χ0) is 14.1. The highest BCUT2D eigenvalue weighted by Gasteiger charge is 2.23. The molecule has 2 aromatic carbocycles. The maximum atomic E-state index is 12.0. The molecule has 0 aromatic heterocycles. The Morgan fingerprint density at radius 1 is 1.15 bits per heavy atom. The van der Waals surface area contributed by atoms with Gasteiger partial charge >= 0.3 is 0 Å². The molecule has 1 heterocycles. The first kappa shape index (κ1) is 13.6. The molecule has 2 aromatic rings. The Kier molecular flexibility index (Phi) is 3.76. The van der Waals surface area contributed by atoms with Crippen LogP contribution in [0.5, 0.6) is 0 Å². The summed E-state index contributed by atoms with van der Waals surface area (Å²) >= 11 is 8.11. The van der Waals surface area contributed by atoms with Crippen LogP contribution in [0.1, 0.15) is 11.1 Å². The molecule has 1 aliphatic heterocycles. The predicted molar refractivity (Wildman–Crippen MR) is 90.0 cm³/mol. The number of alkyl halides is 1. The van der Waals surface area contributed by atoms with Gasteiger partial charge in [-0.05, 0) is 40.8 Å². The van der Waals surface area contributed by atoms with Gasteiger partial charge in [0.05, 0.1) is 11.4 Å². The summed E-state index contributed by atoms with van der Waals surface area (Å²) in [6, 6.07) is 15.2. The fraction of sp³-hybridized carbons (Fsp3) is 0.0667. The van der Waals surface area contributed by atoms with Crippen molar-refractivity contribution in [3.63, 3.8) is 0 Å². The van der Waals surface area contributed by atoms with Gasteiger partial charge < -0.3 is 5.32 Å². The highest BCUT2D eigenvalue weighted by Crippen LogP contribution is 2.28. The van der Waals surface area contributed by atoms with Crippen molar-refractivity contribution < 1.29 is 4.79 Å². The average Bonchev–Trinajstić information content (AvgIpc) is 2.58. The number of nitrogens with one attached hydrogen (secondary N) is 1. The number of aliphatic imine (C=N–C) groups is 1. The third kappa shape index (κ3) is 2.58. The van der Waals surface area contributed by atoms with Crippen molar-refractivity contribution in [3.05, 3.63) is 64.7 Å². The molecule has 1 atom stereocenters. The smallest absolute Gasteiger partial charge is 0.259 e. The maximum absolute atomic E-state index is 12.0. The van der Waals surface area contributed by atoms with Gasteiger partial charge in [0.2, 0.25) is 0 Å². The van der Waals surface area contributed by atoms with Gasteiger partial charge in [0.15, 0.2) is 4.05 Å². The molecule has 3 rings (SSSR count). The summed E-state index contributed by atoms with van der Waals surface area (Å²) < 4.78 is -0.464. The van der Waals surface area contributed by atoms with E-state index in [0.717, 1.165) is 22.5 Å². The zero-order valence-corrected chi connectivity index (χ0v) is 13.2. The van der Waals surface area contributed by atoms with Crippen LogP contribution in [0, 0.1) is 0 Å². The third-order valence-corrected chi connectivity index (χ3v) is 4.08. The standard InChI is InChI=1S/C15H10ClIN2O/c16-10-6-7-12-11(8-10)13(9-4-2-1-3-5-9)19-14(17)15(20)18-12/h1-8,14H,(H,18,20)/t14-/m0/s1. The number of carbonyl (C=O) groups excluding carboxylic acids is 1. The van der Waals surface area contributed by atoms with Crippen molar-refractivity contribution in [3.8, 4) is 0 Å². The average molecular weight is 397 g/mol. The minimum absolute atomic E-state index is 0.125. The summed E-state index contributed by atoms with van der Waals surface area (Å²) in [5, 5.41) is 3.50. The number of benzodiazepines with no additional fused rings is 1. The molecule has 0 saturated carbocycles. The molecule has 0 fully saturated rings. The van der Waals surface area contributed by atoms with Crippen LogP contribution in [-0.4, -0.2) is 15.7 Å².